The third-order valence-electron chi connectivity index (χ3n) is 6.01. The molecule has 4 rings (SSSR count). The van der Waals surface area contributed by atoms with Gasteiger partial charge in [-0.15, -0.1) is 0 Å². The molecule has 0 amide bonds. The molecule has 34 heavy (non-hydrogen) atoms. The zero-order valence-corrected chi connectivity index (χ0v) is 19.6. The minimum atomic E-state index is -0.216. The summed E-state index contributed by atoms with van der Waals surface area (Å²) < 4.78 is 7.51. The summed E-state index contributed by atoms with van der Waals surface area (Å²) in [6.07, 6.45) is 12.5. The summed E-state index contributed by atoms with van der Waals surface area (Å²) in [5.74, 6) is 1.93. The van der Waals surface area contributed by atoms with Gasteiger partial charge in [-0.1, -0.05) is 6.92 Å². The van der Waals surface area contributed by atoms with Gasteiger partial charge in [-0.05, 0) is 32.9 Å². The lowest BCUT2D eigenvalue weighted by atomic mass is 9.97. The average Bonchev–Trinajstić information content (AvgIpc) is 3.33. The normalized spacial score (nSPS) is 21.9. The standard InChI is InChI=1S/C23H30N10O/c1-4-19-21(25)32(16(2)24)20(14-26-3)23(33(19)17-5-11-34-12-6-17)30-15-31-10-9-29-22(31)18-13-27-7-8-28-18/h7-10,13-14,17,19,24-25H,3-6,11-12,15H2,1-2H3/b20-14+,24-16?,25-21?,30-23+/t19-/m1/s1. The van der Waals surface area contributed by atoms with Crippen molar-refractivity contribution in [2.24, 2.45) is 9.98 Å². The third-order valence-corrected chi connectivity index (χ3v) is 6.01. The van der Waals surface area contributed by atoms with Crippen molar-refractivity contribution < 1.29 is 4.74 Å². The maximum atomic E-state index is 8.92. The molecule has 2 saturated heterocycles. The van der Waals surface area contributed by atoms with Crippen LogP contribution in [0.3, 0.4) is 0 Å². The first kappa shape index (κ1) is 23.4. The fourth-order valence-corrected chi connectivity index (χ4v) is 4.51. The van der Waals surface area contributed by atoms with Gasteiger partial charge in [0.25, 0.3) is 0 Å². The molecule has 4 heterocycles. The number of amidine groups is 3. The number of hydrogen-bond acceptors (Lipinski definition) is 8. The minimum Gasteiger partial charge on any atom is -0.381 e. The van der Waals surface area contributed by atoms with Gasteiger partial charge in [0.15, 0.2) is 11.7 Å². The Bertz CT molecular complexity index is 1100. The van der Waals surface area contributed by atoms with Crippen molar-refractivity contribution in [3.05, 3.63) is 42.9 Å². The fraction of sp³-hybridized carbons (Fsp3) is 0.435. The summed E-state index contributed by atoms with van der Waals surface area (Å²) in [4.78, 5) is 25.8. The second kappa shape index (κ2) is 10.5. The maximum absolute atomic E-state index is 8.92. The van der Waals surface area contributed by atoms with Crippen LogP contribution in [0.15, 0.2) is 52.9 Å². The Morgan fingerprint density at radius 2 is 2.06 bits per heavy atom. The Balaban J connectivity index is 1.79. The predicted molar refractivity (Wildman–Crippen MR) is 131 cm³/mol. The number of nitrogens with one attached hydrogen (secondary N) is 2. The van der Waals surface area contributed by atoms with Crippen molar-refractivity contribution in [1.82, 2.24) is 29.3 Å². The quantitative estimate of drug-likeness (QED) is 0.501. The molecule has 2 aromatic rings. The molecular formula is C23H30N10O. The molecule has 0 bridgehead atoms. The Morgan fingerprint density at radius 3 is 2.71 bits per heavy atom. The number of aliphatic imine (C=N–C) groups is 2. The molecule has 2 aliphatic rings. The summed E-state index contributed by atoms with van der Waals surface area (Å²) in [6.45, 7) is 8.98. The van der Waals surface area contributed by atoms with Crippen molar-refractivity contribution in [2.75, 3.05) is 13.2 Å². The van der Waals surface area contributed by atoms with E-state index in [1.54, 1.807) is 42.8 Å². The number of ether oxygens (including phenoxy) is 1. The predicted octanol–water partition coefficient (Wildman–Crippen LogP) is 2.79. The Kier molecular flexibility index (Phi) is 7.21. The molecule has 2 fully saturated rings. The number of piperazine rings is 1. The maximum Gasteiger partial charge on any atom is 0.161 e. The van der Waals surface area contributed by atoms with Gasteiger partial charge in [0.05, 0.1) is 18.4 Å². The van der Waals surface area contributed by atoms with Crippen LogP contribution in [0.25, 0.3) is 11.5 Å². The third kappa shape index (κ3) is 4.51. The van der Waals surface area contributed by atoms with E-state index in [1.807, 2.05) is 10.8 Å². The second-order valence-corrected chi connectivity index (χ2v) is 8.11. The van der Waals surface area contributed by atoms with Crippen LogP contribution in [0.4, 0.5) is 0 Å². The molecule has 11 heteroatoms. The number of nitrogens with zero attached hydrogens (tertiary/aromatic N) is 8. The van der Waals surface area contributed by atoms with Crippen LogP contribution < -0.4 is 0 Å². The fourth-order valence-electron chi connectivity index (χ4n) is 4.51. The second-order valence-electron chi connectivity index (χ2n) is 8.11. The Morgan fingerprint density at radius 1 is 1.26 bits per heavy atom. The molecule has 0 aliphatic carbocycles. The lowest BCUT2D eigenvalue weighted by molar-refractivity contribution is 0.0485. The van der Waals surface area contributed by atoms with E-state index in [0.29, 0.717) is 48.5 Å². The van der Waals surface area contributed by atoms with Crippen LogP contribution in [0.1, 0.15) is 33.1 Å². The average molecular weight is 463 g/mol. The van der Waals surface area contributed by atoms with Gasteiger partial charge in [-0.2, -0.15) is 0 Å². The van der Waals surface area contributed by atoms with Gasteiger partial charge in [0, 0.05) is 44.0 Å². The van der Waals surface area contributed by atoms with Gasteiger partial charge in [0.2, 0.25) is 0 Å². The largest absolute Gasteiger partial charge is 0.381 e. The van der Waals surface area contributed by atoms with Gasteiger partial charge < -0.3 is 14.2 Å². The summed E-state index contributed by atoms with van der Waals surface area (Å²) >= 11 is 0. The summed E-state index contributed by atoms with van der Waals surface area (Å²) in [6, 6.07) is -0.0483. The van der Waals surface area contributed by atoms with E-state index in [2.05, 4.69) is 38.5 Å². The molecule has 178 valence electrons. The van der Waals surface area contributed by atoms with E-state index >= 15 is 0 Å². The molecule has 0 radical (unpaired) electrons. The molecule has 11 nitrogen and oxygen atoms in total. The lowest BCUT2D eigenvalue weighted by Crippen LogP contribution is -2.62. The van der Waals surface area contributed by atoms with E-state index in [1.165, 1.54) is 0 Å². The number of hydrogen-bond donors (Lipinski definition) is 2. The topological polar surface area (TPSA) is 132 Å². The molecule has 2 aliphatic heterocycles. The van der Waals surface area contributed by atoms with E-state index in [4.69, 9.17) is 20.5 Å². The molecular weight excluding hydrogens is 432 g/mol. The smallest absolute Gasteiger partial charge is 0.161 e. The first-order chi connectivity index (χ1) is 16.6. The first-order valence-corrected chi connectivity index (χ1v) is 11.3. The van der Waals surface area contributed by atoms with Crippen molar-refractivity contribution >= 4 is 24.2 Å². The van der Waals surface area contributed by atoms with Gasteiger partial charge in [0.1, 0.15) is 29.7 Å². The van der Waals surface area contributed by atoms with Crippen LogP contribution in [0, 0.1) is 10.8 Å². The summed E-state index contributed by atoms with van der Waals surface area (Å²) in [7, 11) is 0. The molecule has 2 N–H and O–H groups in total. The Hall–Kier alpha value is -3.73. The van der Waals surface area contributed by atoms with Gasteiger partial charge >= 0.3 is 0 Å². The number of imidazole rings is 1. The van der Waals surface area contributed by atoms with E-state index < -0.39 is 0 Å². The van der Waals surface area contributed by atoms with Gasteiger partial charge in [-0.25, -0.2) is 15.0 Å². The number of rotatable bonds is 6. The van der Waals surface area contributed by atoms with E-state index in [-0.39, 0.29) is 24.6 Å². The van der Waals surface area contributed by atoms with Crippen LogP contribution in [-0.4, -0.2) is 78.8 Å². The highest BCUT2D eigenvalue weighted by Crippen LogP contribution is 2.30. The molecule has 0 unspecified atom stereocenters. The minimum absolute atomic E-state index is 0.168. The van der Waals surface area contributed by atoms with Crippen LogP contribution in [0.5, 0.6) is 0 Å². The van der Waals surface area contributed by atoms with Crippen molar-refractivity contribution in [2.45, 2.75) is 51.9 Å². The molecule has 0 saturated carbocycles. The summed E-state index contributed by atoms with van der Waals surface area (Å²) in [5, 5.41) is 17.3. The van der Waals surface area contributed by atoms with Crippen molar-refractivity contribution in [3.63, 3.8) is 0 Å². The van der Waals surface area contributed by atoms with Gasteiger partial charge in [-0.3, -0.25) is 25.7 Å². The molecule has 0 aromatic carbocycles. The first-order valence-electron chi connectivity index (χ1n) is 11.3. The monoisotopic (exact) mass is 462 g/mol. The molecule has 2 aromatic heterocycles. The van der Waals surface area contributed by atoms with Crippen molar-refractivity contribution in [1.29, 1.82) is 10.8 Å². The van der Waals surface area contributed by atoms with Crippen LogP contribution in [0.2, 0.25) is 0 Å². The molecule has 0 spiro atoms. The zero-order chi connectivity index (χ0) is 24.1. The zero-order valence-electron chi connectivity index (χ0n) is 19.6. The highest BCUT2D eigenvalue weighted by atomic mass is 16.5. The van der Waals surface area contributed by atoms with E-state index in [9.17, 15) is 0 Å². The van der Waals surface area contributed by atoms with Crippen LogP contribution in [-0.2, 0) is 11.4 Å². The summed E-state index contributed by atoms with van der Waals surface area (Å²) in [5.41, 5.74) is 1.23. The highest BCUT2D eigenvalue weighted by molar-refractivity contribution is 6.15. The SMILES string of the molecule is C=N/C=C1\C(=N/Cn2ccnc2-c2cnccn2)N(C2CCOCC2)[C@H](CC)C(=N)N1C(C)=N. The Labute approximate surface area is 198 Å². The van der Waals surface area contributed by atoms with E-state index in [0.717, 1.165) is 12.8 Å². The highest BCUT2D eigenvalue weighted by Gasteiger charge is 2.42. The molecule has 1 atom stereocenters. The van der Waals surface area contributed by atoms with Crippen LogP contribution >= 0.6 is 0 Å². The lowest BCUT2D eigenvalue weighted by Gasteiger charge is -2.49. The number of aromatic nitrogens is 4. The van der Waals surface area contributed by atoms with Crippen molar-refractivity contribution in [3.8, 4) is 11.5 Å².